The van der Waals surface area contributed by atoms with Gasteiger partial charge in [0.1, 0.15) is 0 Å². The highest BCUT2D eigenvalue weighted by Gasteiger charge is 2.33. The smallest absolute Gasteiger partial charge is 0.407 e. The van der Waals surface area contributed by atoms with Crippen LogP contribution in [0.15, 0.2) is 29.4 Å². The molecule has 2 atom stereocenters. The maximum absolute atomic E-state index is 10.8. The number of amides is 1. The molecule has 2 rings (SSSR count). The van der Waals surface area contributed by atoms with Crippen LogP contribution in [0.25, 0.3) is 0 Å². The maximum Gasteiger partial charge on any atom is 0.407 e. The van der Waals surface area contributed by atoms with Crippen LogP contribution in [0.1, 0.15) is 0 Å². The molecule has 2 N–H and O–H groups in total. The third-order valence-corrected chi connectivity index (χ3v) is 3.89. The van der Waals surface area contributed by atoms with Gasteiger partial charge in [-0.05, 0) is 12.1 Å². The second-order valence-electron chi connectivity index (χ2n) is 3.99. The van der Waals surface area contributed by atoms with Gasteiger partial charge in [-0.2, -0.15) is 0 Å². The van der Waals surface area contributed by atoms with Crippen LogP contribution in [0.2, 0.25) is 0 Å². The van der Waals surface area contributed by atoms with Crippen LogP contribution in [0, 0.1) is 5.92 Å². The first-order valence-corrected chi connectivity index (χ1v) is 6.35. The zero-order valence-corrected chi connectivity index (χ0v) is 10.0. The molecular formula is C11H14N2O3S. The van der Waals surface area contributed by atoms with Gasteiger partial charge in [-0.1, -0.05) is 6.07 Å². The van der Waals surface area contributed by atoms with Crippen molar-refractivity contribution in [2.45, 2.75) is 11.1 Å². The molecule has 92 valence electrons. The number of thioether (sulfide) groups is 1. The fourth-order valence-corrected chi connectivity index (χ4v) is 2.82. The number of aliphatic hydroxyl groups is 1. The SMILES string of the molecule is O=C(O)N1C[C@H](CSc2ccccn2)[C@@H](O)C1. The Morgan fingerprint density at radius 3 is 2.94 bits per heavy atom. The number of pyridine rings is 1. The highest BCUT2D eigenvalue weighted by Crippen LogP contribution is 2.25. The Morgan fingerprint density at radius 1 is 1.53 bits per heavy atom. The molecule has 0 aliphatic carbocycles. The van der Waals surface area contributed by atoms with Crippen molar-refractivity contribution in [2.75, 3.05) is 18.8 Å². The average molecular weight is 254 g/mol. The van der Waals surface area contributed by atoms with Crippen LogP contribution in [0.4, 0.5) is 4.79 Å². The van der Waals surface area contributed by atoms with Gasteiger partial charge in [0.15, 0.2) is 0 Å². The van der Waals surface area contributed by atoms with E-state index >= 15 is 0 Å². The number of nitrogens with zero attached hydrogens (tertiary/aromatic N) is 2. The lowest BCUT2D eigenvalue weighted by molar-refractivity contribution is 0.135. The summed E-state index contributed by atoms with van der Waals surface area (Å²) in [6, 6.07) is 5.66. The van der Waals surface area contributed by atoms with E-state index in [1.54, 1.807) is 18.0 Å². The van der Waals surface area contributed by atoms with E-state index in [0.717, 1.165) is 5.03 Å². The minimum Gasteiger partial charge on any atom is -0.465 e. The summed E-state index contributed by atoms with van der Waals surface area (Å²) < 4.78 is 0. The minimum absolute atomic E-state index is 0.0156. The molecule has 0 radical (unpaired) electrons. The largest absolute Gasteiger partial charge is 0.465 e. The van der Waals surface area contributed by atoms with Crippen LogP contribution >= 0.6 is 11.8 Å². The summed E-state index contributed by atoms with van der Waals surface area (Å²) in [4.78, 5) is 16.2. The standard InChI is InChI=1S/C11H14N2O3S/c14-9-6-13(11(15)16)5-8(9)7-17-10-3-1-2-4-12-10/h1-4,8-9,14H,5-7H2,(H,15,16)/t8-,9+/m1/s1. The third-order valence-electron chi connectivity index (χ3n) is 2.76. The second kappa shape index (κ2) is 5.37. The quantitative estimate of drug-likeness (QED) is 0.791. The molecular weight excluding hydrogens is 240 g/mol. The minimum atomic E-state index is -0.964. The normalized spacial score (nSPS) is 23.9. The van der Waals surface area contributed by atoms with Crippen LogP contribution < -0.4 is 0 Å². The van der Waals surface area contributed by atoms with Crippen molar-refractivity contribution in [3.05, 3.63) is 24.4 Å². The van der Waals surface area contributed by atoms with E-state index in [4.69, 9.17) is 5.11 Å². The predicted octanol–water partition coefficient (Wildman–Crippen LogP) is 1.14. The number of hydrogen-bond acceptors (Lipinski definition) is 4. The van der Waals surface area contributed by atoms with Gasteiger partial charge in [-0.3, -0.25) is 0 Å². The zero-order chi connectivity index (χ0) is 12.3. The predicted molar refractivity (Wildman–Crippen MR) is 64.1 cm³/mol. The molecule has 1 saturated heterocycles. The molecule has 1 aromatic rings. The van der Waals surface area contributed by atoms with Crippen LogP contribution in [-0.2, 0) is 0 Å². The molecule has 1 aliphatic rings. The first kappa shape index (κ1) is 12.2. The number of rotatable bonds is 3. The van der Waals surface area contributed by atoms with Crippen molar-refractivity contribution >= 4 is 17.9 Å². The van der Waals surface area contributed by atoms with Crippen molar-refractivity contribution in [1.29, 1.82) is 0 Å². The van der Waals surface area contributed by atoms with E-state index in [2.05, 4.69) is 4.98 Å². The molecule has 1 amide bonds. The third kappa shape index (κ3) is 3.10. The molecule has 1 fully saturated rings. The van der Waals surface area contributed by atoms with E-state index in [-0.39, 0.29) is 12.5 Å². The number of carbonyl (C=O) groups is 1. The van der Waals surface area contributed by atoms with E-state index in [9.17, 15) is 9.90 Å². The summed E-state index contributed by atoms with van der Waals surface area (Å²) in [5.74, 6) is 0.667. The first-order chi connectivity index (χ1) is 8.16. The van der Waals surface area contributed by atoms with Gasteiger partial charge in [-0.15, -0.1) is 11.8 Å². The average Bonchev–Trinajstić information content (AvgIpc) is 2.70. The molecule has 5 nitrogen and oxygen atoms in total. The second-order valence-corrected chi connectivity index (χ2v) is 5.03. The summed E-state index contributed by atoms with van der Waals surface area (Å²) in [6.07, 6.45) is 0.188. The fraction of sp³-hybridized carbons (Fsp3) is 0.455. The molecule has 0 aromatic carbocycles. The Bertz CT molecular complexity index is 388. The molecule has 0 unspecified atom stereocenters. The van der Waals surface area contributed by atoms with E-state index < -0.39 is 12.2 Å². The Morgan fingerprint density at radius 2 is 2.35 bits per heavy atom. The van der Waals surface area contributed by atoms with Crippen molar-refractivity contribution in [1.82, 2.24) is 9.88 Å². The first-order valence-electron chi connectivity index (χ1n) is 5.36. The molecule has 1 aliphatic heterocycles. The monoisotopic (exact) mass is 254 g/mol. The van der Waals surface area contributed by atoms with Crippen LogP contribution in [0.3, 0.4) is 0 Å². The Hall–Kier alpha value is -1.27. The van der Waals surface area contributed by atoms with Gasteiger partial charge in [0, 0.05) is 24.4 Å². The lowest BCUT2D eigenvalue weighted by atomic mass is 10.1. The highest BCUT2D eigenvalue weighted by atomic mass is 32.2. The number of aromatic nitrogens is 1. The fourth-order valence-electron chi connectivity index (χ4n) is 1.80. The molecule has 0 bridgehead atoms. The molecule has 6 heteroatoms. The number of likely N-dealkylation sites (tertiary alicyclic amines) is 1. The van der Waals surface area contributed by atoms with Crippen LogP contribution in [0.5, 0.6) is 0 Å². The maximum atomic E-state index is 10.8. The van der Waals surface area contributed by atoms with Gasteiger partial charge in [0.05, 0.1) is 17.7 Å². The lowest BCUT2D eigenvalue weighted by Crippen LogP contribution is -2.27. The lowest BCUT2D eigenvalue weighted by Gasteiger charge is -2.12. The molecule has 2 heterocycles. The Kier molecular flexibility index (Phi) is 3.86. The number of hydrogen-bond donors (Lipinski definition) is 2. The van der Waals surface area contributed by atoms with Gasteiger partial charge in [0.25, 0.3) is 0 Å². The molecule has 0 spiro atoms. The summed E-state index contributed by atoms with van der Waals surface area (Å²) >= 11 is 1.54. The van der Waals surface area contributed by atoms with Crippen molar-refractivity contribution in [3.8, 4) is 0 Å². The van der Waals surface area contributed by atoms with Crippen LogP contribution in [-0.4, -0.2) is 51.1 Å². The number of β-amino-alcohol motifs (C(OH)–C–C–N with tert-alkyl or cyclic N) is 1. The van der Waals surface area contributed by atoms with E-state index in [1.165, 1.54) is 4.90 Å². The summed E-state index contributed by atoms with van der Waals surface area (Å²) in [5.41, 5.74) is 0. The Labute approximate surface area is 103 Å². The highest BCUT2D eigenvalue weighted by molar-refractivity contribution is 7.99. The van der Waals surface area contributed by atoms with Crippen molar-refractivity contribution in [2.24, 2.45) is 5.92 Å². The zero-order valence-electron chi connectivity index (χ0n) is 9.19. The van der Waals surface area contributed by atoms with E-state index in [1.807, 2.05) is 18.2 Å². The van der Waals surface area contributed by atoms with Crippen molar-refractivity contribution < 1.29 is 15.0 Å². The Balaban J connectivity index is 1.86. The van der Waals surface area contributed by atoms with Gasteiger partial charge < -0.3 is 15.1 Å². The van der Waals surface area contributed by atoms with E-state index in [0.29, 0.717) is 12.3 Å². The van der Waals surface area contributed by atoms with Gasteiger partial charge in [-0.25, -0.2) is 9.78 Å². The molecule has 0 saturated carbocycles. The number of aliphatic hydroxyl groups excluding tert-OH is 1. The molecule has 1 aromatic heterocycles. The topological polar surface area (TPSA) is 73.7 Å². The molecule has 17 heavy (non-hydrogen) atoms. The summed E-state index contributed by atoms with van der Waals surface area (Å²) in [5, 5.41) is 19.5. The van der Waals surface area contributed by atoms with Crippen molar-refractivity contribution in [3.63, 3.8) is 0 Å². The summed E-state index contributed by atoms with van der Waals surface area (Å²) in [7, 11) is 0. The summed E-state index contributed by atoms with van der Waals surface area (Å²) in [6.45, 7) is 0.610. The number of carboxylic acid groups (broad SMARTS) is 1. The van der Waals surface area contributed by atoms with Gasteiger partial charge >= 0.3 is 6.09 Å². The van der Waals surface area contributed by atoms with Gasteiger partial charge in [0.2, 0.25) is 0 Å².